The maximum absolute atomic E-state index is 12.7. The molecule has 7 heteroatoms. The summed E-state index contributed by atoms with van der Waals surface area (Å²) in [5, 5.41) is 19.4. The van der Waals surface area contributed by atoms with Crippen LogP contribution in [-0.4, -0.2) is 40.1 Å². The van der Waals surface area contributed by atoms with Crippen molar-refractivity contribution < 1.29 is 9.53 Å². The van der Waals surface area contributed by atoms with Crippen LogP contribution < -0.4 is 10.1 Å². The van der Waals surface area contributed by atoms with Crippen molar-refractivity contribution in [3.63, 3.8) is 0 Å². The number of aromatic nitrogens is 2. The normalized spacial score (nSPS) is 21.6. The van der Waals surface area contributed by atoms with Crippen LogP contribution in [0.4, 0.5) is 0 Å². The average Bonchev–Trinajstić information content (AvgIpc) is 3.35. The molecule has 5 rings (SSSR count). The van der Waals surface area contributed by atoms with Crippen LogP contribution in [0.1, 0.15) is 23.3 Å². The second-order valence-electron chi connectivity index (χ2n) is 8.11. The largest absolute Gasteiger partial charge is 0.457 e. The minimum atomic E-state index is -0.188. The van der Waals surface area contributed by atoms with Gasteiger partial charge < -0.3 is 15.0 Å². The van der Waals surface area contributed by atoms with E-state index in [0.717, 1.165) is 30.7 Å². The molecule has 1 aliphatic heterocycles. The summed E-state index contributed by atoms with van der Waals surface area (Å²) in [6, 6.07) is 19.3. The third kappa shape index (κ3) is 3.73. The summed E-state index contributed by atoms with van der Waals surface area (Å²) in [7, 11) is 0. The molecule has 2 heterocycles. The quantitative estimate of drug-likeness (QED) is 0.600. The molecule has 1 aliphatic carbocycles. The first-order chi connectivity index (χ1) is 15.2. The maximum Gasteiger partial charge on any atom is 0.269 e. The number of rotatable bonds is 6. The van der Waals surface area contributed by atoms with Gasteiger partial charge >= 0.3 is 0 Å². The van der Waals surface area contributed by atoms with E-state index >= 15 is 0 Å². The Hall–Kier alpha value is -3.79. The van der Waals surface area contributed by atoms with E-state index in [-0.39, 0.29) is 5.91 Å². The summed E-state index contributed by atoms with van der Waals surface area (Å²) in [6.07, 6.45) is 4.50. The number of likely N-dealkylation sites (tertiary alicyclic amines) is 1. The van der Waals surface area contributed by atoms with E-state index in [4.69, 9.17) is 4.74 Å². The number of aromatic amines is 1. The number of amides is 1. The van der Waals surface area contributed by atoms with E-state index < -0.39 is 0 Å². The van der Waals surface area contributed by atoms with Crippen LogP contribution in [0.5, 0.6) is 11.5 Å². The van der Waals surface area contributed by atoms with E-state index in [2.05, 4.69) is 21.7 Å². The topological polar surface area (TPSA) is 94.0 Å². The Morgan fingerprint density at radius 1 is 1.19 bits per heavy atom. The van der Waals surface area contributed by atoms with Crippen LogP contribution in [0.25, 0.3) is 11.3 Å². The number of benzene rings is 2. The summed E-state index contributed by atoms with van der Waals surface area (Å²) in [4.78, 5) is 14.6. The van der Waals surface area contributed by atoms with E-state index in [1.807, 2.05) is 59.5 Å². The number of nitrogens with one attached hydrogen (secondary N) is 2. The molecule has 3 aromatic rings. The van der Waals surface area contributed by atoms with Crippen LogP contribution in [0, 0.1) is 23.3 Å². The molecule has 1 aromatic heterocycles. The standard InChI is InChI=1S/C24H23N5O2/c25-15-29-14-16(18-10-11-22(18)29)13-26-24(30)21-12-20(27-28-21)19-8-4-5-9-23(19)31-17-6-2-1-3-7-17/h1-9,12,16,18,22H,10-11,13-14H2,(H,26,30)(H,27,28)/t16?,18-,22-/m0/s1. The molecule has 1 saturated carbocycles. The van der Waals surface area contributed by atoms with Crippen LogP contribution in [0.15, 0.2) is 60.7 Å². The Balaban J connectivity index is 1.26. The van der Waals surface area contributed by atoms with Crippen molar-refractivity contribution in [2.45, 2.75) is 18.9 Å². The highest BCUT2D eigenvalue weighted by Crippen LogP contribution is 2.43. The van der Waals surface area contributed by atoms with Gasteiger partial charge in [-0.1, -0.05) is 30.3 Å². The molecule has 2 aromatic carbocycles. The van der Waals surface area contributed by atoms with Gasteiger partial charge in [0.25, 0.3) is 5.91 Å². The lowest BCUT2D eigenvalue weighted by atomic mass is 9.75. The van der Waals surface area contributed by atoms with Gasteiger partial charge in [-0.15, -0.1) is 0 Å². The zero-order valence-electron chi connectivity index (χ0n) is 17.0. The van der Waals surface area contributed by atoms with Crippen molar-refractivity contribution >= 4 is 5.91 Å². The highest BCUT2D eigenvalue weighted by molar-refractivity contribution is 5.93. The predicted octanol–water partition coefficient (Wildman–Crippen LogP) is 3.79. The number of nitrogens with zero attached hydrogens (tertiary/aromatic N) is 3. The van der Waals surface area contributed by atoms with E-state index in [1.165, 1.54) is 0 Å². The minimum Gasteiger partial charge on any atom is -0.457 e. The Labute approximate surface area is 180 Å². The predicted molar refractivity (Wildman–Crippen MR) is 115 cm³/mol. The Bertz CT molecular complexity index is 1120. The van der Waals surface area contributed by atoms with Crippen molar-refractivity contribution in [1.82, 2.24) is 20.4 Å². The lowest BCUT2D eigenvalue weighted by Crippen LogP contribution is -2.39. The highest BCUT2D eigenvalue weighted by Gasteiger charge is 2.47. The Kier molecular flexibility index (Phi) is 5.04. The van der Waals surface area contributed by atoms with Gasteiger partial charge in [0.15, 0.2) is 6.19 Å². The first kappa shape index (κ1) is 19.2. The van der Waals surface area contributed by atoms with Crippen LogP contribution in [0.2, 0.25) is 0 Å². The van der Waals surface area contributed by atoms with Crippen LogP contribution >= 0.6 is 0 Å². The number of carbonyl (C=O) groups excluding carboxylic acids is 1. The first-order valence-electron chi connectivity index (χ1n) is 10.5. The molecule has 1 amide bonds. The fraction of sp³-hybridized carbons (Fsp3) is 0.292. The van der Waals surface area contributed by atoms with Crippen LogP contribution in [0.3, 0.4) is 0 Å². The van der Waals surface area contributed by atoms with Gasteiger partial charge in [-0.2, -0.15) is 10.4 Å². The zero-order valence-corrected chi connectivity index (χ0v) is 17.0. The second-order valence-corrected chi connectivity index (χ2v) is 8.11. The summed E-state index contributed by atoms with van der Waals surface area (Å²) < 4.78 is 6.01. The van der Waals surface area contributed by atoms with Crippen molar-refractivity contribution in [3.8, 4) is 28.9 Å². The molecule has 1 unspecified atom stereocenters. The third-order valence-electron chi connectivity index (χ3n) is 6.34. The molecule has 0 spiro atoms. The van der Waals surface area contributed by atoms with Gasteiger partial charge in [-0.25, -0.2) is 0 Å². The molecule has 2 aliphatic rings. The molecule has 2 fully saturated rings. The monoisotopic (exact) mass is 413 g/mol. The number of ether oxygens (including phenoxy) is 1. The van der Waals surface area contributed by atoms with Gasteiger partial charge in [-0.05, 0) is 55.0 Å². The molecule has 0 bridgehead atoms. The van der Waals surface area contributed by atoms with Crippen molar-refractivity contribution in [2.24, 2.45) is 11.8 Å². The van der Waals surface area contributed by atoms with Gasteiger partial charge in [0.05, 0.1) is 5.69 Å². The smallest absolute Gasteiger partial charge is 0.269 e. The Morgan fingerprint density at radius 2 is 2.00 bits per heavy atom. The van der Waals surface area contributed by atoms with E-state index in [0.29, 0.717) is 41.6 Å². The summed E-state index contributed by atoms with van der Waals surface area (Å²) in [6.45, 7) is 1.30. The van der Waals surface area contributed by atoms with E-state index in [1.54, 1.807) is 6.07 Å². The lowest BCUT2D eigenvalue weighted by Gasteiger charge is -2.35. The van der Waals surface area contributed by atoms with Gasteiger partial charge in [0.2, 0.25) is 0 Å². The van der Waals surface area contributed by atoms with Crippen molar-refractivity contribution in [2.75, 3.05) is 13.1 Å². The summed E-state index contributed by atoms with van der Waals surface area (Å²) in [5.41, 5.74) is 1.86. The number of fused-ring (bicyclic) bond motifs is 1. The molecule has 1 saturated heterocycles. The molecule has 2 N–H and O–H groups in total. The van der Waals surface area contributed by atoms with Gasteiger partial charge in [0, 0.05) is 24.7 Å². The molecule has 156 valence electrons. The summed E-state index contributed by atoms with van der Waals surface area (Å²) >= 11 is 0. The fourth-order valence-corrected chi connectivity index (χ4v) is 4.58. The molecule has 3 atom stereocenters. The number of hydrogen-bond donors (Lipinski definition) is 2. The number of carbonyl (C=O) groups is 1. The molecular formula is C24H23N5O2. The van der Waals surface area contributed by atoms with Crippen LogP contribution in [-0.2, 0) is 0 Å². The SMILES string of the molecule is N#CN1CC(CNC(=O)c2cc(-c3ccccc3Oc3ccccc3)n[nH]2)[C@@H]2CC[C@@H]21. The molecule has 31 heavy (non-hydrogen) atoms. The minimum absolute atomic E-state index is 0.188. The zero-order chi connectivity index (χ0) is 21.2. The molecular weight excluding hydrogens is 390 g/mol. The molecule has 7 nitrogen and oxygen atoms in total. The third-order valence-corrected chi connectivity index (χ3v) is 6.34. The second kappa shape index (κ2) is 8.15. The van der Waals surface area contributed by atoms with Crippen molar-refractivity contribution in [3.05, 3.63) is 66.4 Å². The first-order valence-corrected chi connectivity index (χ1v) is 10.5. The lowest BCUT2D eigenvalue weighted by molar-refractivity contribution is 0.0933. The van der Waals surface area contributed by atoms with Gasteiger partial charge in [0.1, 0.15) is 17.2 Å². The number of nitriles is 1. The highest BCUT2D eigenvalue weighted by atomic mass is 16.5. The number of hydrogen-bond acceptors (Lipinski definition) is 5. The number of H-pyrrole nitrogens is 1. The van der Waals surface area contributed by atoms with Crippen molar-refractivity contribution in [1.29, 1.82) is 5.26 Å². The van der Waals surface area contributed by atoms with Gasteiger partial charge in [-0.3, -0.25) is 9.89 Å². The van der Waals surface area contributed by atoms with E-state index in [9.17, 15) is 10.1 Å². The average molecular weight is 413 g/mol. The molecule has 0 radical (unpaired) electrons. The number of para-hydroxylation sites is 2. The Morgan fingerprint density at radius 3 is 2.74 bits per heavy atom. The fourth-order valence-electron chi connectivity index (χ4n) is 4.58. The maximum atomic E-state index is 12.7. The summed E-state index contributed by atoms with van der Waals surface area (Å²) in [5.74, 6) is 2.06.